The molecule has 126 valence electrons. The topological polar surface area (TPSA) is 52.6 Å². The molecule has 1 aliphatic carbocycles. The van der Waals surface area contributed by atoms with Crippen LogP contribution in [-0.2, 0) is 9.47 Å². The molecule has 0 radical (unpaired) electrons. The van der Waals surface area contributed by atoms with E-state index in [1.165, 1.54) is 0 Å². The van der Waals surface area contributed by atoms with Crippen molar-refractivity contribution < 1.29 is 19.1 Å². The van der Waals surface area contributed by atoms with Crippen LogP contribution in [0.3, 0.4) is 0 Å². The summed E-state index contributed by atoms with van der Waals surface area (Å²) in [6.45, 7) is 4.12. The van der Waals surface area contributed by atoms with Crippen LogP contribution in [0.1, 0.15) is 33.2 Å². The molecule has 0 saturated heterocycles. The highest BCUT2D eigenvalue weighted by Gasteiger charge is 2.34. The molecule has 0 spiro atoms. The Hall–Kier alpha value is -2.66. The van der Waals surface area contributed by atoms with E-state index in [4.69, 9.17) is 9.47 Å². The summed E-state index contributed by atoms with van der Waals surface area (Å²) < 4.78 is 10.4. The number of benzene rings is 2. The summed E-state index contributed by atoms with van der Waals surface area (Å²) in [5.74, 6) is -0.798. The van der Waals surface area contributed by atoms with Crippen molar-refractivity contribution in [1.29, 1.82) is 0 Å². The third-order valence-corrected chi connectivity index (χ3v) is 5.42. The average Bonchev–Trinajstić information content (AvgIpc) is 3.15. The fourth-order valence-electron chi connectivity index (χ4n) is 3.38. The van der Waals surface area contributed by atoms with E-state index in [1.807, 2.05) is 36.4 Å². The Morgan fingerprint density at radius 3 is 1.76 bits per heavy atom. The smallest absolute Gasteiger partial charge is 0.348 e. The van der Waals surface area contributed by atoms with Crippen molar-refractivity contribution in [2.75, 3.05) is 13.2 Å². The van der Waals surface area contributed by atoms with E-state index >= 15 is 0 Å². The quantitative estimate of drug-likeness (QED) is 0.490. The van der Waals surface area contributed by atoms with Gasteiger partial charge in [-0.05, 0) is 35.7 Å². The zero-order chi connectivity index (χ0) is 17.6. The molecule has 1 heterocycles. The second-order valence-corrected chi connectivity index (χ2v) is 6.68. The largest absolute Gasteiger partial charge is 0.462 e. The zero-order valence-corrected chi connectivity index (χ0v) is 14.7. The number of esters is 2. The highest BCUT2D eigenvalue weighted by atomic mass is 32.1. The molecule has 4 rings (SSSR count). The Morgan fingerprint density at radius 1 is 0.840 bits per heavy atom. The molecule has 0 bridgehead atoms. The molecule has 0 aliphatic heterocycles. The van der Waals surface area contributed by atoms with Gasteiger partial charge in [0.25, 0.3) is 0 Å². The third kappa shape index (κ3) is 2.27. The molecule has 0 fully saturated rings. The van der Waals surface area contributed by atoms with Crippen molar-refractivity contribution in [2.24, 2.45) is 0 Å². The van der Waals surface area contributed by atoms with Crippen LogP contribution < -0.4 is 0 Å². The minimum atomic E-state index is -0.399. The van der Waals surface area contributed by atoms with Gasteiger partial charge in [-0.2, -0.15) is 0 Å². The lowest BCUT2D eigenvalue weighted by atomic mass is 10.0. The van der Waals surface area contributed by atoms with Crippen LogP contribution in [0.25, 0.3) is 33.0 Å². The first kappa shape index (κ1) is 15.8. The molecule has 1 aromatic heterocycles. The number of thiophene rings is 1. The Labute approximate surface area is 149 Å². The van der Waals surface area contributed by atoms with Crippen LogP contribution in [-0.4, -0.2) is 25.2 Å². The zero-order valence-electron chi connectivity index (χ0n) is 13.9. The minimum Gasteiger partial charge on any atom is -0.462 e. The van der Waals surface area contributed by atoms with Gasteiger partial charge in [-0.15, -0.1) is 11.3 Å². The Morgan fingerprint density at radius 2 is 1.32 bits per heavy atom. The molecular formula is C20H16O4S. The van der Waals surface area contributed by atoms with Crippen molar-refractivity contribution >= 4 is 34.0 Å². The van der Waals surface area contributed by atoms with Crippen molar-refractivity contribution in [1.82, 2.24) is 0 Å². The lowest BCUT2D eigenvalue weighted by molar-refractivity contribution is 0.0525. The predicted octanol–water partition coefficient (Wildman–Crippen LogP) is 4.90. The molecule has 4 nitrogen and oxygen atoms in total. The van der Waals surface area contributed by atoms with E-state index in [1.54, 1.807) is 13.8 Å². The molecule has 0 unspecified atom stereocenters. The summed E-state index contributed by atoms with van der Waals surface area (Å²) in [5.41, 5.74) is 3.52. The fourth-order valence-corrected chi connectivity index (χ4v) is 4.50. The Bertz CT molecular complexity index is 941. The summed E-state index contributed by atoms with van der Waals surface area (Å²) in [6.07, 6.45) is 0. The van der Waals surface area contributed by atoms with Gasteiger partial charge in [0, 0.05) is 11.1 Å². The average molecular weight is 352 g/mol. The molecule has 1 aliphatic rings. The molecule has 3 aromatic rings. The van der Waals surface area contributed by atoms with Gasteiger partial charge in [0.15, 0.2) is 0 Å². The van der Waals surface area contributed by atoms with E-state index in [-0.39, 0.29) is 13.2 Å². The van der Waals surface area contributed by atoms with E-state index < -0.39 is 11.9 Å². The molecule has 0 saturated carbocycles. The molecule has 0 N–H and O–H groups in total. The number of hydrogen-bond donors (Lipinski definition) is 0. The van der Waals surface area contributed by atoms with Crippen molar-refractivity contribution in [3.05, 3.63) is 46.2 Å². The van der Waals surface area contributed by atoms with E-state index in [2.05, 4.69) is 0 Å². The van der Waals surface area contributed by atoms with Crippen LogP contribution in [0, 0.1) is 0 Å². The van der Waals surface area contributed by atoms with Crippen LogP contribution >= 0.6 is 11.3 Å². The summed E-state index contributed by atoms with van der Waals surface area (Å²) in [4.78, 5) is 25.9. The van der Waals surface area contributed by atoms with Gasteiger partial charge < -0.3 is 9.47 Å². The number of fused-ring (bicyclic) bond motifs is 3. The van der Waals surface area contributed by atoms with E-state index in [9.17, 15) is 9.59 Å². The number of carbonyl (C=O) groups excluding carboxylic acids is 2. The van der Waals surface area contributed by atoms with Gasteiger partial charge in [0.05, 0.1) is 13.2 Å². The fraction of sp³-hybridized carbons (Fsp3) is 0.200. The first-order valence-electron chi connectivity index (χ1n) is 8.20. The van der Waals surface area contributed by atoms with Crippen LogP contribution in [0.5, 0.6) is 0 Å². The molecule has 0 atom stereocenters. The van der Waals surface area contributed by atoms with Crippen LogP contribution in [0.2, 0.25) is 0 Å². The van der Waals surface area contributed by atoms with Gasteiger partial charge in [0.2, 0.25) is 0 Å². The SMILES string of the molecule is CCOC(=O)c1sc(C(=O)OCC)c2c1-c1cccc3cccc-2c13. The summed E-state index contributed by atoms with van der Waals surface area (Å²) in [6, 6.07) is 12.0. The van der Waals surface area contributed by atoms with Crippen LogP contribution in [0.15, 0.2) is 36.4 Å². The number of hydrogen-bond acceptors (Lipinski definition) is 5. The molecule has 5 heteroatoms. The predicted molar refractivity (Wildman–Crippen MR) is 98.2 cm³/mol. The second kappa shape index (κ2) is 6.01. The lowest BCUT2D eigenvalue weighted by Crippen LogP contribution is -2.04. The molecular weight excluding hydrogens is 336 g/mol. The summed E-state index contributed by atoms with van der Waals surface area (Å²) >= 11 is 1.16. The highest BCUT2D eigenvalue weighted by Crippen LogP contribution is 2.53. The molecule has 0 amide bonds. The van der Waals surface area contributed by atoms with E-state index in [0.29, 0.717) is 9.75 Å². The monoisotopic (exact) mass is 352 g/mol. The number of ether oxygens (including phenoxy) is 2. The van der Waals surface area contributed by atoms with Crippen LogP contribution in [0.4, 0.5) is 0 Å². The first-order valence-corrected chi connectivity index (χ1v) is 9.02. The molecule has 25 heavy (non-hydrogen) atoms. The maximum Gasteiger partial charge on any atom is 0.348 e. The number of carbonyl (C=O) groups is 2. The summed E-state index contributed by atoms with van der Waals surface area (Å²) in [7, 11) is 0. The maximum absolute atomic E-state index is 12.5. The normalized spacial score (nSPS) is 11.4. The van der Waals surface area contributed by atoms with Gasteiger partial charge in [-0.25, -0.2) is 9.59 Å². The minimum absolute atomic E-state index is 0.289. The standard InChI is InChI=1S/C20H16O4S/c1-3-23-19(21)17-15-12-9-5-7-11-8-6-10-13(14(11)12)16(15)18(25-17)20(22)24-4-2/h5-10H,3-4H2,1-2H3. The molecule has 2 aromatic carbocycles. The van der Waals surface area contributed by atoms with Crippen molar-refractivity contribution in [2.45, 2.75) is 13.8 Å². The van der Waals surface area contributed by atoms with Gasteiger partial charge in [-0.3, -0.25) is 0 Å². The highest BCUT2D eigenvalue weighted by molar-refractivity contribution is 7.17. The van der Waals surface area contributed by atoms with Gasteiger partial charge in [-0.1, -0.05) is 36.4 Å². The lowest BCUT2D eigenvalue weighted by Gasteiger charge is -2.05. The third-order valence-electron chi connectivity index (χ3n) is 4.27. The Balaban J connectivity index is 2.04. The first-order chi connectivity index (χ1) is 12.2. The van der Waals surface area contributed by atoms with Crippen molar-refractivity contribution in [3.8, 4) is 22.3 Å². The van der Waals surface area contributed by atoms with Gasteiger partial charge in [0.1, 0.15) is 9.75 Å². The Kier molecular flexibility index (Phi) is 3.81. The van der Waals surface area contributed by atoms with Gasteiger partial charge >= 0.3 is 11.9 Å². The van der Waals surface area contributed by atoms with Crippen molar-refractivity contribution in [3.63, 3.8) is 0 Å². The maximum atomic E-state index is 12.5. The number of rotatable bonds is 4. The van der Waals surface area contributed by atoms with E-state index in [0.717, 1.165) is 44.4 Å². The summed E-state index contributed by atoms with van der Waals surface area (Å²) in [5, 5.41) is 2.15. The second-order valence-electron chi connectivity index (χ2n) is 5.66.